The molecule has 0 saturated carbocycles. The van der Waals surface area contributed by atoms with Gasteiger partial charge < -0.3 is 40.3 Å². The lowest BCUT2D eigenvalue weighted by molar-refractivity contribution is -0.302. The zero-order valence-electron chi connectivity index (χ0n) is 42.1. The van der Waals surface area contributed by atoms with Crippen molar-refractivity contribution in [2.45, 2.75) is 320 Å². The molecule has 1 heterocycles. The maximum absolute atomic E-state index is 13.0. The van der Waals surface area contributed by atoms with Crippen LogP contribution in [0, 0.1) is 0 Å². The number of carbonyl (C=O) groups is 1. The molecule has 0 aromatic heterocycles. The van der Waals surface area contributed by atoms with Gasteiger partial charge in [0.05, 0.1) is 25.4 Å². The van der Waals surface area contributed by atoms with Crippen molar-refractivity contribution in [2.75, 3.05) is 13.2 Å². The molecule has 0 aromatic rings. The summed E-state index contributed by atoms with van der Waals surface area (Å²) in [6.07, 6.45) is 48.4. The van der Waals surface area contributed by atoms with E-state index in [2.05, 4.69) is 19.2 Å². The maximum atomic E-state index is 13.0. The van der Waals surface area contributed by atoms with Crippen LogP contribution in [0.4, 0.5) is 0 Å². The lowest BCUT2D eigenvalue weighted by Crippen LogP contribution is -2.60. The number of allylic oxidation sites excluding steroid dienone is 1. The molecular weight excluding hydrogens is 803 g/mol. The molecule has 7 atom stereocenters. The van der Waals surface area contributed by atoms with Gasteiger partial charge in [0.15, 0.2) is 6.29 Å². The van der Waals surface area contributed by atoms with Gasteiger partial charge in [-0.15, -0.1) is 0 Å². The standard InChI is InChI=1S/C55H107NO8/c1-3-5-7-9-11-13-15-17-19-21-22-23-24-25-26-27-29-31-33-35-37-39-41-43-45-51(59)56-48(47-63-55-54(62)53(61)52(60)50(46-57)64-55)49(58)44-42-40-38-36-34-32-30-28-20-18-16-14-12-10-8-6-4-2/h42,44,48-50,52-55,57-58,60-62H,3-41,43,45-47H2,1-2H3,(H,56,59)/b44-42+/t48-,49+,50+,52+,53?,54?,55+/m0/s1. The third-order valence-corrected chi connectivity index (χ3v) is 13.6. The lowest BCUT2D eigenvalue weighted by Gasteiger charge is -2.40. The number of ether oxygens (including phenoxy) is 2. The van der Waals surface area contributed by atoms with Crippen LogP contribution in [-0.4, -0.2) is 87.5 Å². The Bertz CT molecular complexity index is 1010. The number of rotatable bonds is 48. The Morgan fingerprint density at radius 1 is 0.516 bits per heavy atom. The number of amides is 1. The van der Waals surface area contributed by atoms with Crippen LogP contribution in [0.25, 0.3) is 0 Å². The molecule has 0 aromatic carbocycles. The molecule has 1 saturated heterocycles. The zero-order chi connectivity index (χ0) is 46.6. The van der Waals surface area contributed by atoms with E-state index in [4.69, 9.17) is 9.47 Å². The summed E-state index contributed by atoms with van der Waals surface area (Å²) in [5.74, 6) is -0.170. The summed E-state index contributed by atoms with van der Waals surface area (Å²) in [4.78, 5) is 13.0. The normalized spacial score (nSPS) is 20.0. The first-order chi connectivity index (χ1) is 31.3. The van der Waals surface area contributed by atoms with E-state index in [-0.39, 0.29) is 12.5 Å². The largest absolute Gasteiger partial charge is 0.394 e. The van der Waals surface area contributed by atoms with Gasteiger partial charge in [0.2, 0.25) is 5.91 Å². The molecule has 1 rings (SSSR count). The second-order valence-electron chi connectivity index (χ2n) is 19.7. The van der Waals surface area contributed by atoms with E-state index in [1.54, 1.807) is 6.08 Å². The minimum absolute atomic E-state index is 0.170. The summed E-state index contributed by atoms with van der Waals surface area (Å²) < 4.78 is 11.3. The summed E-state index contributed by atoms with van der Waals surface area (Å²) >= 11 is 0. The van der Waals surface area contributed by atoms with Crippen LogP contribution in [0.2, 0.25) is 0 Å². The fourth-order valence-electron chi connectivity index (χ4n) is 9.16. The second-order valence-corrected chi connectivity index (χ2v) is 19.7. The SMILES string of the molecule is CCCCCCCCCCCCCCCCC/C=C/[C@@H](O)[C@H](CO[C@@H]1O[C@H](CO)[C@@H](O)C(O)C1O)NC(=O)CCCCCCCCCCCCCCCCCCCCCCCCCC. The third kappa shape index (κ3) is 35.1. The number of hydrogen-bond acceptors (Lipinski definition) is 8. The number of unbranched alkanes of at least 4 members (excludes halogenated alkanes) is 38. The molecule has 6 N–H and O–H groups in total. The van der Waals surface area contributed by atoms with Crippen LogP contribution >= 0.6 is 0 Å². The Balaban J connectivity index is 2.22. The number of aliphatic hydroxyl groups excluding tert-OH is 5. The van der Waals surface area contributed by atoms with E-state index >= 15 is 0 Å². The predicted molar refractivity (Wildman–Crippen MR) is 267 cm³/mol. The zero-order valence-corrected chi connectivity index (χ0v) is 42.1. The number of aliphatic hydroxyl groups is 5. The highest BCUT2D eigenvalue weighted by Gasteiger charge is 2.44. The van der Waals surface area contributed by atoms with Gasteiger partial charge in [0.1, 0.15) is 24.4 Å². The Hall–Kier alpha value is -1.07. The highest BCUT2D eigenvalue weighted by Crippen LogP contribution is 2.23. The molecule has 1 amide bonds. The first-order valence-electron chi connectivity index (χ1n) is 27.9. The molecule has 0 aliphatic carbocycles. The van der Waals surface area contributed by atoms with Crippen molar-refractivity contribution in [1.82, 2.24) is 5.32 Å². The van der Waals surface area contributed by atoms with E-state index in [0.717, 1.165) is 38.5 Å². The molecule has 9 nitrogen and oxygen atoms in total. The van der Waals surface area contributed by atoms with Crippen molar-refractivity contribution >= 4 is 5.91 Å². The first-order valence-corrected chi connectivity index (χ1v) is 27.9. The van der Waals surface area contributed by atoms with Crippen molar-refractivity contribution < 1.29 is 39.8 Å². The molecule has 0 spiro atoms. The van der Waals surface area contributed by atoms with Crippen LogP contribution in [0.5, 0.6) is 0 Å². The van der Waals surface area contributed by atoms with Gasteiger partial charge in [0.25, 0.3) is 0 Å². The minimum atomic E-state index is -1.56. The van der Waals surface area contributed by atoms with Gasteiger partial charge in [-0.2, -0.15) is 0 Å². The van der Waals surface area contributed by atoms with Crippen molar-refractivity contribution in [3.05, 3.63) is 12.2 Å². The smallest absolute Gasteiger partial charge is 0.220 e. The summed E-state index contributed by atoms with van der Waals surface area (Å²) in [7, 11) is 0. The van der Waals surface area contributed by atoms with Crippen LogP contribution < -0.4 is 5.32 Å². The molecule has 0 radical (unpaired) electrons. The van der Waals surface area contributed by atoms with E-state index in [1.165, 1.54) is 218 Å². The van der Waals surface area contributed by atoms with Crippen molar-refractivity contribution in [3.8, 4) is 0 Å². The van der Waals surface area contributed by atoms with E-state index < -0.39 is 49.5 Å². The maximum Gasteiger partial charge on any atom is 0.220 e. The van der Waals surface area contributed by atoms with Gasteiger partial charge in [-0.25, -0.2) is 0 Å². The molecule has 1 aliphatic rings. The van der Waals surface area contributed by atoms with Gasteiger partial charge >= 0.3 is 0 Å². The molecular formula is C55H107NO8. The summed E-state index contributed by atoms with van der Waals surface area (Å²) in [6, 6.07) is -0.799. The predicted octanol–water partition coefficient (Wildman–Crippen LogP) is 13.2. The minimum Gasteiger partial charge on any atom is -0.394 e. The van der Waals surface area contributed by atoms with Crippen LogP contribution in [0.1, 0.15) is 277 Å². The number of carbonyl (C=O) groups excluding carboxylic acids is 1. The average Bonchev–Trinajstić information content (AvgIpc) is 3.29. The van der Waals surface area contributed by atoms with Crippen LogP contribution in [0.15, 0.2) is 12.2 Å². The average molecular weight is 910 g/mol. The van der Waals surface area contributed by atoms with E-state index in [9.17, 15) is 30.3 Å². The Morgan fingerprint density at radius 3 is 1.22 bits per heavy atom. The Morgan fingerprint density at radius 2 is 0.859 bits per heavy atom. The number of hydrogen-bond donors (Lipinski definition) is 6. The van der Waals surface area contributed by atoms with Crippen molar-refractivity contribution in [3.63, 3.8) is 0 Å². The summed E-state index contributed by atoms with van der Waals surface area (Å²) in [5, 5.41) is 54.4. The lowest BCUT2D eigenvalue weighted by atomic mass is 9.99. The van der Waals surface area contributed by atoms with Gasteiger partial charge in [-0.1, -0.05) is 264 Å². The highest BCUT2D eigenvalue weighted by atomic mass is 16.7. The molecule has 1 fully saturated rings. The van der Waals surface area contributed by atoms with E-state index in [0.29, 0.717) is 6.42 Å². The fraction of sp³-hybridized carbons (Fsp3) is 0.945. The van der Waals surface area contributed by atoms with Gasteiger partial charge in [-0.05, 0) is 19.3 Å². The highest BCUT2D eigenvalue weighted by molar-refractivity contribution is 5.76. The Labute approximate surface area is 395 Å². The second kappa shape index (κ2) is 45.7. The van der Waals surface area contributed by atoms with Gasteiger partial charge in [-0.3, -0.25) is 4.79 Å². The van der Waals surface area contributed by atoms with Gasteiger partial charge in [0, 0.05) is 6.42 Å². The molecule has 9 heteroatoms. The van der Waals surface area contributed by atoms with E-state index in [1.807, 2.05) is 6.08 Å². The molecule has 0 bridgehead atoms. The molecule has 2 unspecified atom stereocenters. The monoisotopic (exact) mass is 910 g/mol. The summed E-state index contributed by atoms with van der Waals surface area (Å²) in [5.41, 5.74) is 0. The topological polar surface area (TPSA) is 149 Å². The fourth-order valence-corrected chi connectivity index (χ4v) is 9.16. The molecule has 64 heavy (non-hydrogen) atoms. The molecule has 380 valence electrons. The number of nitrogens with one attached hydrogen (secondary N) is 1. The summed E-state index contributed by atoms with van der Waals surface area (Å²) in [6.45, 7) is 3.81. The Kier molecular flexibility index (Phi) is 43.5. The van der Waals surface area contributed by atoms with Crippen molar-refractivity contribution in [1.29, 1.82) is 0 Å². The van der Waals surface area contributed by atoms with Crippen molar-refractivity contribution in [2.24, 2.45) is 0 Å². The first kappa shape index (κ1) is 60.9. The molecule has 1 aliphatic heterocycles. The van der Waals surface area contributed by atoms with Crippen LogP contribution in [0.3, 0.4) is 0 Å². The van der Waals surface area contributed by atoms with Crippen LogP contribution in [-0.2, 0) is 14.3 Å². The third-order valence-electron chi connectivity index (χ3n) is 13.6. The quantitative estimate of drug-likeness (QED) is 0.0261.